The van der Waals surface area contributed by atoms with Crippen molar-refractivity contribution in [2.24, 2.45) is 0 Å². The molecule has 1 aliphatic heterocycles. The minimum absolute atomic E-state index is 0.0104. The fraction of sp³-hybridized carbons (Fsp3) is 0.455. The minimum atomic E-state index is -3.51. The van der Waals surface area contributed by atoms with Crippen molar-refractivity contribution in [3.63, 3.8) is 0 Å². The summed E-state index contributed by atoms with van der Waals surface area (Å²) in [5.41, 5.74) is 0. The molecule has 1 aliphatic rings. The van der Waals surface area contributed by atoms with Gasteiger partial charge in [-0.3, -0.25) is 0 Å². The SMILES string of the molecule is O=S(=O)(NC1CCCSC1)c1ccc(F)cc1. The maximum atomic E-state index is 12.7. The van der Waals surface area contributed by atoms with Gasteiger partial charge in [-0.15, -0.1) is 0 Å². The van der Waals surface area contributed by atoms with E-state index >= 15 is 0 Å². The van der Waals surface area contributed by atoms with Gasteiger partial charge in [0, 0.05) is 11.8 Å². The van der Waals surface area contributed by atoms with Crippen LogP contribution in [0.2, 0.25) is 0 Å². The van der Waals surface area contributed by atoms with Gasteiger partial charge in [-0.25, -0.2) is 17.5 Å². The summed E-state index contributed by atoms with van der Waals surface area (Å²) >= 11 is 1.75. The monoisotopic (exact) mass is 275 g/mol. The maximum Gasteiger partial charge on any atom is 0.240 e. The van der Waals surface area contributed by atoms with Crippen LogP contribution in [0.3, 0.4) is 0 Å². The van der Waals surface area contributed by atoms with Crippen LogP contribution in [-0.4, -0.2) is 26.0 Å². The average Bonchev–Trinajstić information content (AvgIpc) is 2.30. The van der Waals surface area contributed by atoms with Crippen molar-refractivity contribution in [1.82, 2.24) is 4.72 Å². The molecule has 0 spiro atoms. The van der Waals surface area contributed by atoms with Crippen LogP contribution in [0.5, 0.6) is 0 Å². The van der Waals surface area contributed by atoms with Crippen LogP contribution in [0, 0.1) is 5.82 Å². The van der Waals surface area contributed by atoms with Gasteiger partial charge >= 0.3 is 0 Å². The summed E-state index contributed by atoms with van der Waals surface area (Å²) in [4.78, 5) is 0.120. The number of thioether (sulfide) groups is 1. The lowest BCUT2D eigenvalue weighted by molar-refractivity contribution is 0.543. The first-order chi connectivity index (χ1) is 8.08. The Kier molecular flexibility index (Phi) is 4.06. The van der Waals surface area contributed by atoms with Gasteiger partial charge in [0.2, 0.25) is 10.0 Å². The predicted molar refractivity (Wildman–Crippen MR) is 67.1 cm³/mol. The van der Waals surface area contributed by atoms with Crippen LogP contribution >= 0.6 is 11.8 Å². The molecule has 17 heavy (non-hydrogen) atoms. The van der Waals surface area contributed by atoms with E-state index < -0.39 is 15.8 Å². The lowest BCUT2D eigenvalue weighted by Crippen LogP contribution is -2.38. The van der Waals surface area contributed by atoms with Crippen molar-refractivity contribution in [2.45, 2.75) is 23.8 Å². The molecule has 0 aliphatic carbocycles. The molecule has 1 heterocycles. The molecule has 1 unspecified atom stereocenters. The van der Waals surface area contributed by atoms with Gasteiger partial charge in [0.25, 0.3) is 0 Å². The molecule has 3 nitrogen and oxygen atoms in total. The van der Waals surface area contributed by atoms with Crippen LogP contribution in [0.25, 0.3) is 0 Å². The number of halogens is 1. The molecule has 1 aromatic carbocycles. The molecule has 1 fully saturated rings. The zero-order valence-corrected chi connectivity index (χ0v) is 10.9. The number of hydrogen-bond donors (Lipinski definition) is 1. The normalized spacial score (nSPS) is 21.4. The number of nitrogens with one attached hydrogen (secondary N) is 1. The highest BCUT2D eigenvalue weighted by molar-refractivity contribution is 7.99. The van der Waals surface area contributed by atoms with Gasteiger partial charge in [0.1, 0.15) is 5.82 Å². The second kappa shape index (κ2) is 5.37. The van der Waals surface area contributed by atoms with Gasteiger partial charge in [0.05, 0.1) is 4.90 Å². The highest BCUT2D eigenvalue weighted by atomic mass is 32.2. The van der Waals surface area contributed by atoms with E-state index in [-0.39, 0.29) is 10.9 Å². The summed E-state index contributed by atoms with van der Waals surface area (Å²) in [6, 6.07) is 4.87. The molecule has 1 aromatic rings. The summed E-state index contributed by atoms with van der Waals surface area (Å²) in [6.45, 7) is 0. The Morgan fingerprint density at radius 3 is 2.59 bits per heavy atom. The zero-order chi connectivity index (χ0) is 12.3. The Bertz CT molecular complexity index is 467. The summed E-state index contributed by atoms with van der Waals surface area (Å²) < 4.78 is 39.3. The van der Waals surface area contributed by atoms with E-state index in [0.717, 1.165) is 36.5 Å². The van der Waals surface area contributed by atoms with Crippen LogP contribution < -0.4 is 4.72 Å². The third-order valence-electron chi connectivity index (χ3n) is 2.61. The molecule has 6 heteroatoms. The summed E-state index contributed by atoms with van der Waals surface area (Å²) in [6.07, 6.45) is 1.90. The van der Waals surface area contributed by atoms with E-state index in [0.29, 0.717) is 0 Å². The molecule has 1 N–H and O–H groups in total. The molecule has 2 rings (SSSR count). The van der Waals surface area contributed by atoms with E-state index in [2.05, 4.69) is 4.72 Å². The topological polar surface area (TPSA) is 46.2 Å². The third-order valence-corrected chi connectivity index (χ3v) is 5.36. The first-order valence-corrected chi connectivity index (χ1v) is 8.07. The van der Waals surface area contributed by atoms with Gasteiger partial charge in [-0.05, 0) is 42.9 Å². The molecule has 0 amide bonds. The van der Waals surface area contributed by atoms with Gasteiger partial charge in [0.15, 0.2) is 0 Å². The average molecular weight is 275 g/mol. The Morgan fingerprint density at radius 2 is 2.00 bits per heavy atom. The Labute approximate surface area is 105 Å². The second-order valence-corrected chi connectivity index (χ2v) is 6.85. The standard InChI is InChI=1S/C11H14FNO2S2/c12-9-3-5-11(6-4-9)17(14,15)13-10-2-1-7-16-8-10/h3-6,10,13H,1-2,7-8H2. The highest BCUT2D eigenvalue weighted by Gasteiger charge is 2.21. The van der Waals surface area contributed by atoms with Crippen molar-refractivity contribution in [1.29, 1.82) is 0 Å². The predicted octanol–water partition coefficient (Wildman–Crippen LogP) is 2.00. The number of benzene rings is 1. The Morgan fingerprint density at radius 1 is 1.29 bits per heavy atom. The van der Waals surface area contributed by atoms with Crippen LogP contribution in [0.15, 0.2) is 29.2 Å². The summed E-state index contributed by atoms with van der Waals surface area (Å²) in [5.74, 6) is 1.46. The molecule has 0 radical (unpaired) electrons. The van der Waals surface area contributed by atoms with Gasteiger partial charge < -0.3 is 0 Å². The Hall–Kier alpha value is -0.590. The third kappa shape index (κ3) is 3.43. The van der Waals surface area contributed by atoms with Crippen molar-refractivity contribution >= 4 is 21.8 Å². The van der Waals surface area contributed by atoms with E-state index in [9.17, 15) is 12.8 Å². The highest BCUT2D eigenvalue weighted by Crippen LogP contribution is 2.19. The fourth-order valence-corrected chi connectivity index (χ4v) is 4.18. The van der Waals surface area contributed by atoms with E-state index in [4.69, 9.17) is 0 Å². The fourth-order valence-electron chi connectivity index (χ4n) is 1.73. The molecule has 1 saturated heterocycles. The lowest BCUT2D eigenvalue weighted by atomic mass is 10.2. The molecule has 1 atom stereocenters. The second-order valence-electron chi connectivity index (χ2n) is 3.99. The van der Waals surface area contributed by atoms with Gasteiger partial charge in [-0.2, -0.15) is 11.8 Å². The zero-order valence-electron chi connectivity index (χ0n) is 9.23. The molecule has 0 aromatic heterocycles. The molecule has 0 bridgehead atoms. The summed E-state index contributed by atoms with van der Waals surface area (Å²) in [7, 11) is -3.51. The van der Waals surface area contributed by atoms with Crippen molar-refractivity contribution in [3.8, 4) is 0 Å². The van der Waals surface area contributed by atoms with Crippen molar-refractivity contribution < 1.29 is 12.8 Å². The lowest BCUT2D eigenvalue weighted by Gasteiger charge is -2.22. The molecule has 94 valence electrons. The van der Waals surface area contributed by atoms with Crippen molar-refractivity contribution in [2.75, 3.05) is 11.5 Å². The summed E-state index contributed by atoms with van der Waals surface area (Å²) in [5, 5.41) is 0. The van der Waals surface area contributed by atoms with E-state index in [1.807, 2.05) is 0 Å². The first kappa shape index (κ1) is 12.9. The van der Waals surface area contributed by atoms with Gasteiger partial charge in [-0.1, -0.05) is 0 Å². The number of hydrogen-bond acceptors (Lipinski definition) is 3. The van der Waals surface area contributed by atoms with Crippen LogP contribution in [0.4, 0.5) is 4.39 Å². The van der Waals surface area contributed by atoms with E-state index in [1.54, 1.807) is 11.8 Å². The van der Waals surface area contributed by atoms with E-state index in [1.165, 1.54) is 12.1 Å². The maximum absolute atomic E-state index is 12.7. The number of sulfonamides is 1. The molecular weight excluding hydrogens is 261 g/mol. The van der Waals surface area contributed by atoms with Crippen molar-refractivity contribution in [3.05, 3.63) is 30.1 Å². The Balaban J connectivity index is 2.10. The molecular formula is C11H14FNO2S2. The number of rotatable bonds is 3. The van der Waals surface area contributed by atoms with Crippen LogP contribution in [-0.2, 0) is 10.0 Å². The quantitative estimate of drug-likeness (QED) is 0.917. The largest absolute Gasteiger partial charge is 0.240 e. The minimum Gasteiger partial charge on any atom is -0.207 e. The first-order valence-electron chi connectivity index (χ1n) is 5.43. The molecule has 0 saturated carbocycles. The smallest absolute Gasteiger partial charge is 0.207 e. The van der Waals surface area contributed by atoms with Crippen LogP contribution in [0.1, 0.15) is 12.8 Å².